The molecule has 3 aromatic rings. The van der Waals surface area contributed by atoms with E-state index in [0.29, 0.717) is 0 Å². The normalized spacial score (nSPS) is 10.5. The fourth-order valence-corrected chi connectivity index (χ4v) is 1.94. The van der Waals surface area contributed by atoms with Crippen molar-refractivity contribution in [3.05, 3.63) is 60.4 Å². The van der Waals surface area contributed by atoms with Gasteiger partial charge < -0.3 is 0 Å². The molecule has 3 rings (SSSR count). The molecule has 0 saturated heterocycles. The van der Waals surface area contributed by atoms with Crippen molar-refractivity contribution in [3.8, 4) is 22.5 Å². The van der Waals surface area contributed by atoms with Gasteiger partial charge in [-0.25, -0.2) is 0 Å². The standard InChI is InChI=1S/C15H12N3/c1-11-6-5-9-14(17-11)15-13(10-16-18-15)12-7-3-2-4-8-12/h2-3,5-10H,1H3,(H,16,18). The van der Waals surface area contributed by atoms with Crippen molar-refractivity contribution >= 4 is 0 Å². The average Bonchev–Trinajstić information content (AvgIpc) is 2.89. The fourth-order valence-electron chi connectivity index (χ4n) is 1.94. The topological polar surface area (TPSA) is 41.6 Å². The molecule has 0 aliphatic rings. The van der Waals surface area contributed by atoms with E-state index in [1.165, 1.54) is 0 Å². The van der Waals surface area contributed by atoms with Gasteiger partial charge in [0.1, 0.15) is 5.69 Å². The van der Waals surface area contributed by atoms with Crippen LogP contribution in [0.3, 0.4) is 0 Å². The molecule has 87 valence electrons. The number of hydrogen-bond donors (Lipinski definition) is 1. The molecule has 0 aliphatic heterocycles. The summed E-state index contributed by atoms with van der Waals surface area (Å²) >= 11 is 0. The van der Waals surface area contributed by atoms with Gasteiger partial charge >= 0.3 is 0 Å². The molecule has 3 heteroatoms. The Morgan fingerprint density at radius 3 is 2.89 bits per heavy atom. The lowest BCUT2D eigenvalue weighted by Gasteiger charge is -2.02. The van der Waals surface area contributed by atoms with Crippen molar-refractivity contribution in [2.45, 2.75) is 6.92 Å². The highest BCUT2D eigenvalue weighted by Crippen LogP contribution is 2.28. The number of aromatic amines is 1. The van der Waals surface area contributed by atoms with Crippen LogP contribution < -0.4 is 0 Å². The molecule has 0 unspecified atom stereocenters. The number of rotatable bonds is 2. The molecule has 0 spiro atoms. The van der Waals surface area contributed by atoms with E-state index in [1.807, 2.05) is 55.6 Å². The first-order valence-electron chi connectivity index (χ1n) is 5.79. The van der Waals surface area contributed by atoms with E-state index < -0.39 is 0 Å². The SMILES string of the molecule is Cc1cccc(-c2n[nH]cc2-c2c[c]ccc2)n1. The monoisotopic (exact) mass is 234 g/mol. The van der Waals surface area contributed by atoms with Gasteiger partial charge in [-0.15, -0.1) is 0 Å². The molecule has 0 fully saturated rings. The van der Waals surface area contributed by atoms with Crippen molar-refractivity contribution in [2.24, 2.45) is 0 Å². The zero-order valence-corrected chi connectivity index (χ0v) is 10.0. The predicted octanol–water partition coefficient (Wildman–Crippen LogP) is 3.25. The fraction of sp³-hybridized carbons (Fsp3) is 0.0667. The Kier molecular flexibility index (Phi) is 2.65. The Hall–Kier alpha value is -2.42. The summed E-state index contributed by atoms with van der Waals surface area (Å²) in [5, 5.41) is 7.21. The molecule has 1 aromatic carbocycles. The van der Waals surface area contributed by atoms with Gasteiger partial charge in [-0.3, -0.25) is 10.1 Å². The molecular formula is C15H12N3. The first-order valence-corrected chi connectivity index (χ1v) is 5.79. The molecule has 0 saturated carbocycles. The third-order valence-corrected chi connectivity index (χ3v) is 2.79. The zero-order valence-electron chi connectivity index (χ0n) is 10.0. The highest BCUT2D eigenvalue weighted by Gasteiger charge is 2.11. The lowest BCUT2D eigenvalue weighted by Crippen LogP contribution is -1.88. The first-order chi connectivity index (χ1) is 8.84. The number of pyridine rings is 1. The Bertz CT molecular complexity index is 656. The van der Waals surface area contributed by atoms with Crippen LogP contribution in [0.1, 0.15) is 5.69 Å². The van der Waals surface area contributed by atoms with E-state index in [2.05, 4.69) is 21.2 Å². The van der Waals surface area contributed by atoms with Crippen LogP contribution in [-0.2, 0) is 0 Å². The molecular weight excluding hydrogens is 222 g/mol. The van der Waals surface area contributed by atoms with Crippen molar-refractivity contribution in [2.75, 3.05) is 0 Å². The van der Waals surface area contributed by atoms with Gasteiger partial charge in [-0.05, 0) is 36.8 Å². The summed E-state index contributed by atoms with van der Waals surface area (Å²) in [6.45, 7) is 1.98. The number of hydrogen-bond acceptors (Lipinski definition) is 2. The van der Waals surface area contributed by atoms with E-state index in [-0.39, 0.29) is 0 Å². The van der Waals surface area contributed by atoms with E-state index in [4.69, 9.17) is 0 Å². The summed E-state index contributed by atoms with van der Waals surface area (Å²) in [4.78, 5) is 4.51. The van der Waals surface area contributed by atoms with Crippen LogP contribution in [-0.4, -0.2) is 15.2 Å². The molecule has 2 aromatic heterocycles. The van der Waals surface area contributed by atoms with Gasteiger partial charge in [0.15, 0.2) is 0 Å². The quantitative estimate of drug-likeness (QED) is 0.739. The van der Waals surface area contributed by atoms with Gasteiger partial charge in [0.25, 0.3) is 0 Å². The number of benzene rings is 1. The van der Waals surface area contributed by atoms with Crippen LogP contribution in [0.25, 0.3) is 22.5 Å². The smallest absolute Gasteiger partial charge is 0.118 e. The van der Waals surface area contributed by atoms with Crippen LogP contribution in [0.4, 0.5) is 0 Å². The van der Waals surface area contributed by atoms with Crippen LogP contribution in [0, 0.1) is 13.0 Å². The van der Waals surface area contributed by atoms with Gasteiger partial charge in [-0.2, -0.15) is 5.10 Å². The highest BCUT2D eigenvalue weighted by molar-refractivity contribution is 5.78. The van der Waals surface area contributed by atoms with Crippen LogP contribution >= 0.6 is 0 Å². The summed E-state index contributed by atoms with van der Waals surface area (Å²) < 4.78 is 0. The second kappa shape index (κ2) is 4.45. The molecule has 1 N–H and O–H groups in total. The van der Waals surface area contributed by atoms with Gasteiger partial charge in [0.2, 0.25) is 0 Å². The van der Waals surface area contributed by atoms with E-state index in [9.17, 15) is 0 Å². The predicted molar refractivity (Wildman–Crippen MR) is 70.8 cm³/mol. The molecule has 2 heterocycles. The Morgan fingerprint density at radius 1 is 1.17 bits per heavy atom. The molecule has 1 radical (unpaired) electrons. The van der Waals surface area contributed by atoms with E-state index in [0.717, 1.165) is 28.2 Å². The second-order valence-corrected chi connectivity index (χ2v) is 4.10. The minimum atomic E-state index is 0.873. The number of aromatic nitrogens is 3. The van der Waals surface area contributed by atoms with E-state index >= 15 is 0 Å². The van der Waals surface area contributed by atoms with Crippen molar-refractivity contribution in [1.29, 1.82) is 0 Å². The second-order valence-electron chi connectivity index (χ2n) is 4.10. The van der Waals surface area contributed by atoms with Crippen molar-refractivity contribution < 1.29 is 0 Å². The summed E-state index contributed by atoms with van der Waals surface area (Å²) in [7, 11) is 0. The Balaban J connectivity index is 2.13. The highest BCUT2D eigenvalue weighted by atomic mass is 15.1. The third-order valence-electron chi connectivity index (χ3n) is 2.79. The largest absolute Gasteiger partial charge is 0.284 e. The maximum Gasteiger partial charge on any atom is 0.118 e. The van der Waals surface area contributed by atoms with Crippen molar-refractivity contribution in [1.82, 2.24) is 15.2 Å². The van der Waals surface area contributed by atoms with E-state index in [1.54, 1.807) is 0 Å². The minimum Gasteiger partial charge on any atom is -0.284 e. The number of H-pyrrole nitrogens is 1. The first kappa shape index (κ1) is 10.7. The minimum absolute atomic E-state index is 0.873. The number of nitrogens with zero attached hydrogens (tertiary/aromatic N) is 2. The summed E-state index contributed by atoms with van der Waals surface area (Å²) in [5.41, 5.74) is 4.88. The number of nitrogens with one attached hydrogen (secondary N) is 1. The molecule has 18 heavy (non-hydrogen) atoms. The Labute approximate surface area is 106 Å². The van der Waals surface area contributed by atoms with Crippen LogP contribution in [0.5, 0.6) is 0 Å². The van der Waals surface area contributed by atoms with Gasteiger partial charge in [-0.1, -0.05) is 24.3 Å². The van der Waals surface area contributed by atoms with Crippen molar-refractivity contribution in [3.63, 3.8) is 0 Å². The maximum atomic E-state index is 4.51. The average molecular weight is 234 g/mol. The van der Waals surface area contributed by atoms with Crippen LogP contribution in [0.2, 0.25) is 0 Å². The maximum absolute atomic E-state index is 4.51. The molecule has 0 bridgehead atoms. The molecule has 0 amide bonds. The lowest BCUT2D eigenvalue weighted by molar-refractivity contribution is 1.08. The third kappa shape index (κ3) is 1.91. The summed E-state index contributed by atoms with van der Waals surface area (Å²) in [5.74, 6) is 0. The number of aryl methyl sites for hydroxylation is 1. The summed E-state index contributed by atoms with van der Waals surface area (Å²) in [6.07, 6.45) is 1.89. The molecule has 3 nitrogen and oxygen atoms in total. The van der Waals surface area contributed by atoms with Crippen LogP contribution in [0.15, 0.2) is 48.7 Å². The van der Waals surface area contributed by atoms with Gasteiger partial charge in [0, 0.05) is 17.5 Å². The zero-order chi connectivity index (χ0) is 12.4. The molecule has 0 aliphatic carbocycles. The molecule has 0 atom stereocenters. The van der Waals surface area contributed by atoms with Gasteiger partial charge in [0.05, 0.1) is 5.69 Å². The Morgan fingerprint density at radius 2 is 2.11 bits per heavy atom. The lowest BCUT2D eigenvalue weighted by atomic mass is 10.0. The summed E-state index contributed by atoms with van der Waals surface area (Å²) in [6, 6.07) is 16.9.